The molecule has 1 aliphatic rings. The van der Waals surface area contributed by atoms with E-state index in [2.05, 4.69) is 68.4 Å². The summed E-state index contributed by atoms with van der Waals surface area (Å²) >= 11 is 0. The largest absolute Gasteiger partial charge is 0.352 e. The quantitative estimate of drug-likeness (QED) is 0.663. The lowest BCUT2D eigenvalue weighted by Gasteiger charge is -2.34. The van der Waals surface area contributed by atoms with E-state index in [-0.39, 0.29) is 5.91 Å². The lowest BCUT2D eigenvalue weighted by atomic mass is 10.2. The minimum absolute atomic E-state index is 0.0947. The highest BCUT2D eigenvalue weighted by Crippen LogP contribution is 2.11. The van der Waals surface area contributed by atoms with Crippen LogP contribution in [-0.2, 0) is 0 Å². The molecule has 0 aliphatic carbocycles. The molecule has 1 aliphatic heterocycles. The van der Waals surface area contributed by atoms with E-state index < -0.39 is 0 Å². The van der Waals surface area contributed by atoms with Gasteiger partial charge in [-0.3, -0.25) is 9.69 Å². The molecule has 1 aromatic heterocycles. The van der Waals surface area contributed by atoms with E-state index in [4.69, 9.17) is 0 Å². The van der Waals surface area contributed by atoms with Crippen molar-refractivity contribution in [1.29, 1.82) is 0 Å². The third kappa shape index (κ3) is 6.68. The first-order chi connectivity index (χ1) is 14.3. The Bertz CT molecular complexity index is 768. The maximum Gasteiger partial charge on any atom is 0.254 e. The number of hydrogen-bond acceptors (Lipinski definition) is 5. The minimum atomic E-state index is -0.0947. The van der Waals surface area contributed by atoms with Crippen LogP contribution in [0.5, 0.6) is 0 Å². The Labute approximate surface area is 173 Å². The SMILES string of the molecule is CCCCCNC(=O)c1cnc(N2CCN(C/C=C/c3ccccc3)CC2)nc1. The highest BCUT2D eigenvalue weighted by Gasteiger charge is 2.18. The van der Waals surface area contributed by atoms with Crippen molar-refractivity contribution >= 4 is 17.9 Å². The summed E-state index contributed by atoms with van der Waals surface area (Å²) in [4.78, 5) is 25.6. The summed E-state index contributed by atoms with van der Waals surface area (Å²) in [6.07, 6.45) is 10.9. The summed E-state index contributed by atoms with van der Waals surface area (Å²) in [7, 11) is 0. The van der Waals surface area contributed by atoms with E-state index in [1.54, 1.807) is 12.4 Å². The second-order valence-electron chi connectivity index (χ2n) is 7.34. The topological polar surface area (TPSA) is 61.4 Å². The molecule has 1 fully saturated rings. The van der Waals surface area contributed by atoms with Gasteiger partial charge in [0.2, 0.25) is 5.95 Å². The summed E-state index contributed by atoms with van der Waals surface area (Å²) < 4.78 is 0. The summed E-state index contributed by atoms with van der Waals surface area (Å²) in [5.74, 6) is 0.606. The predicted octanol–water partition coefficient (Wildman–Crippen LogP) is 3.23. The third-order valence-corrected chi connectivity index (χ3v) is 5.09. The minimum Gasteiger partial charge on any atom is -0.352 e. The smallest absolute Gasteiger partial charge is 0.254 e. The van der Waals surface area contributed by atoms with Crippen LogP contribution in [-0.4, -0.2) is 60.0 Å². The van der Waals surface area contributed by atoms with E-state index >= 15 is 0 Å². The third-order valence-electron chi connectivity index (χ3n) is 5.09. The number of unbranched alkanes of at least 4 members (excludes halogenated alkanes) is 2. The fourth-order valence-corrected chi connectivity index (χ4v) is 3.31. The van der Waals surface area contributed by atoms with Crippen LogP contribution in [0.1, 0.15) is 42.1 Å². The molecular weight excluding hydrogens is 362 g/mol. The van der Waals surface area contributed by atoms with Crippen LogP contribution in [0.25, 0.3) is 6.08 Å². The van der Waals surface area contributed by atoms with Gasteiger partial charge in [0.05, 0.1) is 5.56 Å². The van der Waals surface area contributed by atoms with Gasteiger partial charge in [0.15, 0.2) is 0 Å². The Morgan fingerprint density at radius 3 is 2.48 bits per heavy atom. The average molecular weight is 394 g/mol. The highest BCUT2D eigenvalue weighted by molar-refractivity contribution is 5.93. The number of piperazine rings is 1. The van der Waals surface area contributed by atoms with Gasteiger partial charge in [-0.15, -0.1) is 0 Å². The van der Waals surface area contributed by atoms with Gasteiger partial charge in [-0.25, -0.2) is 9.97 Å². The van der Waals surface area contributed by atoms with Gasteiger partial charge in [-0.2, -0.15) is 0 Å². The lowest BCUT2D eigenvalue weighted by Crippen LogP contribution is -2.47. The number of benzene rings is 1. The molecule has 0 spiro atoms. The first-order valence-corrected chi connectivity index (χ1v) is 10.6. The van der Waals surface area contributed by atoms with Gasteiger partial charge in [0.25, 0.3) is 5.91 Å². The van der Waals surface area contributed by atoms with Crippen molar-refractivity contribution in [2.75, 3.05) is 44.2 Å². The molecule has 1 aromatic carbocycles. The van der Waals surface area contributed by atoms with Crippen molar-refractivity contribution in [3.8, 4) is 0 Å². The molecule has 2 aromatic rings. The Morgan fingerprint density at radius 1 is 1.07 bits per heavy atom. The van der Waals surface area contributed by atoms with Gasteiger partial charge >= 0.3 is 0 Å². The van der Waals surface area contributed by atoms with Crippen LogP contribution >= 0.6 is 0 Å². The van der Waals surface area contributed by atoms with Crippen molar-refractivity contribution in [2.24, 2.45) is 0 Å². The Kier molecular flexibility index (Phi) is 8.19. The number of hydrogen-bond donors (Lipinski definition) is 1. The number of amides is 1. The standard InChI is InChI=1S/C23H31N5O/c1-2-3-7-12-24-22(29)21-18-25-23(26-19-21)28-16-14-27(15-17-28)13-8-11-20-9-5-4-6-10-20/h4-6,8-11,18-19H,2-3,7,12-17H2,1H3,(H,24,29)/b11-8+. The maximum atomic E-state index is 12.1. The highest BCUT2D eigenvalue weighted by atomic mass is 16.1. The van der Waals surface area contributed by atoms with E-state index in [0.29, 0.717) is 18.1 Å². The van der Waals surface area contributed by atoms with E-state index in [0.717, 1.165) is 52.0 Å². The fourth-order valence-electron chi connectivity index (χ4n) is 3.31. The molecule has 0 unspecified atom stereocenters. The van der Waals surface area contributed by atoms with Crippen molar-refractivity contribution in [1.82, 2.24) is 20.2 Å². The Hall–Kier alpha value is -2.73. The zero-order valence-corrected chi connectivity index (χ0v) is 17.3. The number of anilines is 1. The number of aromatic nitrogens is 2. The van der Waals surface area contributed by atoms with Crippen LogP contribution in [0.3, 0.4) is 0 Å². The number of carbonyl (C=O) groups excluding carboxylic acids is 1. The molecule has 0 bridgehead atoms. The zero-order valence-electron chi connectivity index (χ0n) is 17.3. The van der Waals surface area contributed by atoms with E-state index in [1.807, 2.05) is 6.07 Å². The van der Waals surface area contributed by atoms with E-state index in [1.165, 1.54) is 5.56 Å². The number of rotatable bonds is 9. The van der Waals surface area contributed by atoms with Crippen LogP contribution in [0.2, 0.25) is 0 Å². The van der Waals surface area contributed by atoms with Crippen LogP contribution in [0, 0.1) is 0 Å². The average Bonchev–Trinajstić information content (AvgIpc) is 2.78. The molecule has 1 N–H and O–H groups in total. The Balaban J connectivity index is 1.42. The predicted molar refractivity (Wildman–Crippen MR) is 118 cm³/mol. The molecule has 29 heavy (non-hydrogen) atoms. The second-order valence-corrected chi connectivity index (χ2v) is 7.34. The Morgan fingerprint density at radius 2 is 1.79 bits per heavy atom. The molecule has 2 heterocycles. The van der Waals surface area contributed by atoms with Gasteiger partial charge in [-0.05, 0) is 12.0 Å². The van der Waals surface area contributed by atoms with Crippen molar-refractivity contribution in [3.05, 3.63) is 59.9 Å². The molecule has 0 saturated carbocycles. The monoisotopic (exact) mass is 393 g/mol. The zero-order chi connectivity index (χ0) is 20.3. The number of carbonyl (C=O) groups is 1. The fraction of sp³-hybridized carbons (Fsp3) is 0.435. The van der Waals surface area contributed by atoms with Crippen molar-refractivity contribution in [2.45, 2.75) is 26.2 Å². The normalized spacial score (nSPS) is 15.0. The molecule has 1 saturated heterocycles. The molecular formula is C23H31N5O. The number of nitrogens with one attached hydrogen (secondary N) is 1. The lowest BCUT2D eigenvalue weighted by molar-refractivity contribution is 0.0952. The molecule has 154 valence electrons. The number of nitrogens with zero attached hydrogens (tertiary/aromatic N) is 4. The van der Waals surface area contributed by atoms with Gasteiger partial charge in [0.1, 0.15) is 0 Å². The summed E-state index contributed by atoms with van der Waals surface area (Å²) in [5.41, 5.74) is 1.75. The first-order valence-electron chi connectivity index (χ1n) is 10.6. The van der Waals surface area contributed by atoms with E-state index in [9.17, 15) is 4.79 Å². The van der Waals surface area contributed by atoms with Crippen LogP contribution in [0.4, 0.5) is 5.95 Å². The van der Waals surface area contributed by atoms with Crippen LogP contribution < -0.4 is 10.2 Å². The molecule has 1 amide bonds. The molecule has 3 rings (SSSR count). The summed E-state index contributed by atoms with van der Waals surface area (Å²) in [5, 5.41) is 2.92. The molecule has 6 nitrogen and oxygen atoms in total. The molecule has 6 heteroatoms. The van der Waals surface area contributed by atoms with Crippen molar-refractivity contribution in [3.63, 3.8) is 0 Å². The summed E-state index contributed by atoms with van der Waals surface area (Å²) in [6.45, 7) is 7.53. The first kappa shape index (κ1) is 21.0. The molecule has 0 radical (unpaired) electrons. The molecule has 0 atom stereocenters. The second kappa shape index (κ2) is 11.3. The van der Waals surface area contributed by atoms with Crippen molar-refractivity contribution < 1.29 is 4.79 Å². The van der Waals surface area contributed by atoms with Gasteiger partial charge in [0, 0.05) is 51.7 Å². The van der Waals surface area contributed by atoms with Gasteiger partial charge < -0.3 is 10.2 Å². The van der Waals surface area contributed by atoms with Gasteiger partial charge in [-0.1, -0.05) is 62.2 Å². The summed E-state index contributed by atoms with van der Waals surface area (Å²) in [6, 6.07) is 10.4. The van der Waals surface area contributed by atoms with Crippen LogP contribution in [0.15, 0.2) is 48.8 Å². The maximum absolute atomic E-state index is 12.1.